The van der Waals surface area contributed by atoms with Crippen molar-refractivity contribution in [3.8, 4) is 17.2 Å². The van der Waals surface area contributed by atoms with Gasteiger partial charge >= 0.3 is 0 Å². The predicted molar refractivity (Wildman–Crippen MR) is 210 cm³/mol. The number of hydrogen-bond donors (Lipinski definition) is 7. The summed E-state index contributed by atoms with van der Waals surface area (Å²) < 4.78 is 5.74. The Balaban J connectivity index is 2.09. The zero-order chi connectivity index (χ0) is 36.8. The van der Waals surface area contributed by atoms with Crippen LogP contribution in [0.25, 0.3) is 0 Å². The van der Waals surface area contributed by atoms with Crippen molar-refractivity contribution in [1.29, 1.82) is 0 Å². The molecule has 3 aromatic rings. The molecule has 8 nitrogen and oxygen atoms in total. The van der Waals surface area contributed by atoms with Gasteiger partial charge in [-0.2, -0.15) is 0 Å². The maximum atomic E-state index is 11.8. The number of benzene rings is 3. The van der Waals surface area contributed by atoms with Crippen LogP contribution in [0.3, 0.4) is 0 Å². The van der Waals surface area contributed by atoms with E-state index in [4.69, 9.17) is 4.74 Å². The molecule has 0 aromatic heterocycles. The highest BCUT2D eigenvalue weighted by atomic mass is 16.5. The highest BCUT2D eigenvalue weighted by molar-refractivity contribution is 5.54. The zero-order valence-corrected chi connectivity index (χ0v) is 30.6. The van der Waals surface area contributed by atoms with Crippen molar-refractivity contribution >= 4 is 0 Å². The number of ether oxygens (including phenoxy) is 1. The van der Waals surface area contributed by atoms with Gasteiger partial charge in [0.15, 0.2) is 0 Å². The molecule has 0 unspecified atom stereocenters. The lowest BCUT2D eigenvalue weighted by Gasteiger charge is -2.18. The quantitative estimate of drug-likeness (QED) is 0.0414. The number of phenols is 3. The van der Waals surface area contributed by atoms with E-state index >= 15 is 0 Å². The molecule has 0 saturated carbocycles. The second kappa shape index (κ2) is 22.3. The van der Waals surface area contributed by atoms with Crippen molar-refractivity contribution in [3.05, 3.63) is 161 Å². The monoisotopic (exact) mass is 692 g/mol. The molecule has 3 aromatic carbocycles. The van der Waals surface area contributed by atoms with E-state index in [0.717, 1.165) is 35.1 Å². The summed E-state index contributed by atoms with van der Waals surface area (Å²) in [5.41, 5.74) is 7.13. The number of aromatic hydroxyl groups is 3. The fourth-order valence-electron chi connectivity index (χ4n) is 5.57. The highest BCUT2D eigenvalue weighted by Gasteiger charge is 2.18. The minimum absolute atomic E-state index is 0.132. The molecule has 0 aliphatic rings. The molecule has 0 heterocycles. The highest BCUT2D eigenvalue weighted by Crippen LogP contribution is 2.35. The van der Waals surface area contributed by atoms with Gasteiger partial charge in [0.2, 0.25) is 0 Å². The summed E-state index contributed by atoms with van der Waals surface area (Å²) in [6.45, 7) is 14.1. The van der Waals surface area contributed by atoms with Crippen LogP contribution in [0, 0.1) is 0 Å². The molecule has 3 rings (SSSR count). The van der Waals surface area contributed by atoms with Gasteiger partial charge in [0.1, 0.15) is 23.9 Å². The standard InChI is InChI=1S/C43H56N4O4/c1-6-11-16-46-29-34-22-38(43(50)40(24-34)31-51-18-13-8-3)26-36-20-32(27-44-14-9-4)19-35(41(36)48)25-37-21-33(28-45-15-10-5)23-39(42(37)49)30-47-17-12-7-2/h7,9-24,44-50H,2,6,8,25-31H2,1,3-5H3. The lowest BCUT2D eigenvalue weighted by molar-refractivity contribution is 0.231. The number of nitrogens with one attached hydrogen (secondary N) is 4. The van der Waals surface area contributed by atoms with Gasteiger partial charge in [0.05, 0.1) is 6.26 Å². The third-order valence-corrected chi connectivity index (χ3v) is 8.01. The van der Waals surface area contributed by atoms with Crippen molar-refractivity contribution in [2.24, 2.45) is 0 Å². The molecule has 0 fully saturated rings. The van der Waals surface area contributed by atoms with Gasteiger partial charge in [-0.15, -0.1) is 0 Å². The van der Waals surface area contributed by atoms with Crippen molar-refractivity contribution < 1.29 is 20.1 Å². The molecule has 8 heteroatoms. The van der Waals surface area contributed by atoms with Crippen molar-refractivity contribution in [2.75, 3.05) is 0 Å². The molecule has 0 spiro atoms. The Labute approximate surface area is 304 Å². The summed E-state index contributed by atoms with van der Waals surface area (Å²) >= 11 is 0. The van der Waals surface area contributed by atoms with Crippen LogP contribution < -0.4 is 21.3 Å². The van der Waals surface area contributed by atoms with Gasteiger partial charge in [-0.05, 0) is 133 Å². The van der Waals surface area contributed by atoms with Gasteiger partial charge in [0, 0.05) is 50.1 Å². The molecule has 51 heavy (non-hydrogen) atoms. The number of phenolic OH excluding ortho intramolecular Hbond substituents is 3. The first kappa shape index (κ1) is 39.9. The van der Waals surface area contributed by atoms with E-state index in [0.29, 0.717) is 66.8 Å². The number of allylic oxidation sites excluding steroid dienone is 6. The predicted octanol–water partition coefficient (Wildman–Crippen LogP) is 8.47. The van der Waals surface area contributed by atoms with Crippen LogP contribution in [0.2, 0.25) is 0 Å². The molecule has 0 bridgehead atoms. The van der Waals surface area contributed by atoms with E-state index in [1.807, 2.05) is 94.0 Å². The minimum atomic E-state index is 0.132. The Morgan fingerprint density at radius 3 is 1.49 bits per heavy atom. The van der Waals surface area contributed by atoms with Gasteiger partial charge in [-0.1, -0.05) is 50.8 Å². The van der Waals surface area contributed by atoms with Gasteiger partial charge in [0.25, 0.3) is 0 Å². The maximum absolute atomic E-state index is 11.8. The van der Waals surface area contributed by atoms with Crippen LogP contribution in [0.5, 0.6) is 17.2 Å². The molecule has 0 radical (unpaired) electrons. The van der Waals surface area contributed by atoms with Crippen LogP contribution in [-0.2, 0) is 50.4 Å². The lowest BCUT2D eigenvalue weighted by atomic mass is 9.92. The Kier molecular flexibility index (Phi) is 17.4. The Hall–Kier alpha value is -5.50. The van der Waals surface area contributed by atoms with Gasteiger partial charge < -0.3 is 41.3 Å². The molecular weight excluding hydrogens is 636 g/mol. The summed E-state index contributed by atoms with van der Waals surface area (Å²) in [5.74, 6) is 0.458. The zero-order valence-electron chi connectivity index (χ0n) is 30.6. The second-order valence-electron chi connectivity index (χ2n) is 12.2. The molecule has 0 aliphatic carbocycles. The summed E-state index contributed by atoms with van der Waals surface area (Å²) in [6, 6.07) is 11.8. The van der Waals surface area contributed by atoms with E-state index in [9.17, 15) is 15.3 Å². The van der Waals surface area contributed by atoms with E-state index in [1.165, 1.54) is 0 Å². The van der Waals surface area contributed by atoms with Crippen LogP contribution in [0.4, 0.5) is 0 Å². The normalized spacial score (nSPS) is 11.8. The average molecular weight is 693 g/mol. The minimum Gasteiger partial charge on any atom is -0.507 e. The summed E-state index contributed by atoms with van der Waals surface area (Å²) in [4.78, 5) is 0. The molecule has 7 N–H and O–H groups in total. The van der Waals surface area contributed by atoms with E-state index in [-0.39, 0.29) is 23.9 Å². The molecule has 0 saturated heterocycles. The van der Waals surface area contributed by atoms with Crippen LogP contribution in [-0.4, -0.2) is 15.3 Å². The third-order valence-electron chi connectivity index (χ3n) is 8.01. The van der Waals surface area contributed by atoms with Gasteiger partial charge in [-0.25, -0.2) is 0 Å². The number of hydrogen-bond acceptors (Lipinski definition) is 8. The summed E-state index contributed by atoms with van der Waals surface area (Å²) in [6.07, 6.45) is 22.9. The largest absolute Gasteiger partial charge is 0.507 e. The SMILES string of the molecule is C=CC=CNCc1cc(CNC=CC)cc(Cc2cc(CNC=CC)cc(Cc3cc(CNC=CCC)cc(COC=CCC)c3O)c2O)c1O. The maximum Gasteiger partial charge on any atom is 0.125 e. The Morgan fingerprint density at radius 1 is 0.569 bits per heavy atom. The summed E-state index contributed by atoms with van der Waals surface area (Å²) in [5, 5.41) is 47.9. The lowest BCUT2D eigenvalue weighted by Crippen LogP contribution is -2.10. The molecule has 0 aliphatic heterocycles. The molecule has 0 atom stereocenters. The Bertz CT molecular complexity index is 1700. The van der Waals surface area contributed by atoms with Crippen LogP contribution >= 0.6 is 0 Å². The third kappa shape index (κ3) is 13.0. The van der Waals surface area contributed by atoms with Crippen molar-refractivity contribution in [3.63, 3.8) is 0 Å². The number of rotatable bonds is 22. The first-order valence-electron chi connectivity index (χ1n) is 17.7. The van der Waals surface area contributed by atoms with Crippen LogP contribution in [0.15, 0.2) is 110 Å². The van der Waals surface area contributed by atoms with E-state index < -0.39 is 0 Å². The van der Waals surface area contributed by atoms with E-state index in [1.54, 1.807) is 24.6 Å². The fourth-order valence-corrected chi connectivity index (χ4v) is 5.57. The first-order valence-corrected chi connectivity index (χ1v) is 17.7. The van der Waals surface area contributed by atoms with Gasteiger partial charge in [-0.3, -0.25) is 0 Å². The first-order chi connectivity index (χ1) is 24.8. The summed E-state index contributed by atoms with van der Waals surface area (Å²) in [7, 11) is 0. The topological polar surface area (TPSA) is 118 Å². The Morgan fingerprint density at radius 2 is 1.00 bits per heavy atom. The van der Waals surface area contributed by atoms with Crippen molar-refractivity contribution in [1.82, 2.24) is 21.3 Å². The average Bonchev–Trinajstić information content (AvgIpc) is 3.12. The van der Waals surface area contributed by atoms with E-state index in [2.05, 4.69) is 40.8 Å². The smallest absolute Gasteiger partial charge is 0.125 e. The second-order valence-corrected chi connectivity index (χ2v) is 12.2. The van der Waals surface area contributed by atoms with Crippen LogP contribution in [0.1, 0.15) is 90.6 Å². The molecular formula is C43H56N4O4. The fraction of sp³-hybridized carbons (Fsp3) is 0.302. The van der Waals surface area contributed by atoms with Crippen molar-refractivity contribution in [2.45, 2.75) is 86.2 Å². The molecule has 0 amide bonds. The molecule has 272 valence electrons.